The summed E-state index contributed by atoms with van der Waals surface area (Å²) in [5, 5.41) is 0. The fourth-order valence-electron chi connectivity index (χ4n) is 2.59. The second-order valence-corrected chi connectivity index (χ2v) is 6.38. The number of fused-ring (bicyclic) bond motifs is 1. The quantitative estimate of drug-likeness (QED) is 0.581. The van der Waals surface area contributed by atoms with E-state index in [-0.39, 0.29) is 11.7 Å². The predicted molar refractivity (Wildman–Crippen MR) is 90.8 cm³/mol. The van der Waals surface area contributed by atoms with Gasteiger partial charge in [-0.2, -0.15) is 0 Å². The molecule has 0 fully saturated rings. The zero-order valence-corrected chi connectivity index (χ0v) is 13.8. The highest BCUT2D eigenvalue weighted by atomic mass is 127. The van der Waals surface area contributed by atoms with Crippen LogP contribution in [0, 0.1) is 3.57 Å². The number of rotatable bonds is 2. The van der Waals surface area contributed by atoms with Crippen molar-refractivity contribution >= 4 is 40.0 Å². The first-order chi connectivity index (χ1) is 10.1. The van der Waals surface area contributed by atoms with E-state index in [1.165, 1.54) is 0 Å². The number of anilines is 1. The molecule has 0 bridgehead atoms. The van der Waals surface area contributed by atoms with Crippen molar-refractivity contribution < 1.29 is 9.59 Å². The fraction of sp³-hybridized carbons (Fsp3) is 0.176. The van der Waals surface area contributed by atoms with Crippen LogP contribution in [0.2, 0.25) is 0 Å². The third-order valence-electron chi connectivity index (χ3n) is 3.77. The van der Waals surface area contributed by atoms with Gasteiger partial charge in [-0.05, 0) is 64.9 Å². The van der Waals surface area contributed by atoms with Gasteiger partial charge in [0.15, 0.2) is 5.78 Å². The molecule has 3 nitrogen and oxygen atoms in total. The van der Waals surface area contributed by atoms with E-state index in [0.717, 1.165) is 14.8 Å². The van der Waals surface area contributed by atoms with E-state index >= 15 is 0 Å². The van der Waals surface area contributed by atoms with Crippen molar-refractivity contribution in [2.75, 3.05) is 11.9 Å². The van der Waals surface area contributed by atoms with E-state index in [0.29, 0.717) is 24.0 Å². The number of ketones is 1. The smallest absolute Gasteiger partial charge is 0.227 e. The number of carbonyl (C=O) groups excluding carboxylic acids is 2. The number of halogens is 1. The minimum Gasteiger partial charge on any atom is -0.315 e. The molecule has 0 N–H and O–H groups in total. The summed E-state index contributed by atoms with van der Waals surface area (Å²) >= 11 is 2.20. The Hall–Kier alpha value is -1.69. The van der Waals surface area contributed by atoms with E-state index in [2.05, 4.69) is 22.6 Å². The van der Waals surface area contributed by atoms with Crippen molar-refractivity contribution in [2.45, 2.75) is 12.8 Å². The molecule has 1 amide bonds. The van der Waals surface area contributed by atoms with Crippen LogP contribution >= 0.6 is 22.6 Å². The molecule has 0 unspecified atom stereocenters. The van der Waals surface area contributed by atoms with Gasteiger partial charge in [0, 0.05) is 33.9 Å². The summed E-state index contributed by atoms with van der Waals surface area (Å²) < 4.78 is 1.04. The second-order valence-electron chi connectivity index (χ2n) is 5.14. The van der Waals surface area contributed by atoms with Crippen LogP contribution in [0.1, 0.15) is 27.9 Å². The minimum absolute atomic E-state index is 0.0240. The molecule has 0 aromatic heterocycles. The second kappa shape index (κ2) is 5.60. The molecule has 21 heavy (non-hydrogen) atoms. The number of amides is 1. The van der Waals surface area contributed by atoms with Crippen molar-refractivity contribution in [3.05, 3.63) is 62.7 Å². The molecule has 1 heterocycles. The molecule has 0 aliphatic carbocycles. The van der Waals surface area contributed by atoms with Crippen molar-refractivity contribution in [3.63, 3.8) is 0 Å². The van der Waals surface area contributed by atoms with Gasteiger partial charge in [-0.15, -0.1) is 0 Å². The zero-order valence-electron chi connectivity index (χ0n) is 11.6. The highest BCUT2D eigenvalue weighted by Gasteiger charge is 2.22. The SMILES string of the molecule is CN1C(=O)CCc2cc(C(=O)c3cccc(I)c3)ccc21. The summed E-state index contributed by atoms with van der Waals surface area (Å²) in [5.74, 6) is 0.148. The summed E-state index contributed by atoms with van der Waals surface area (Å²) in [6.45, 7) is 0. The van der Waals surface area contributed by atoms with E-state index in [1.54, 1.807) is 18.0 Å². The van der Waals surface area contributed by atoms with Crippen LogP contribution in [-0.2, 0) is 11.2 Å². The van der Waals surface area contributed by atoms with Gasteiger partial charge >= 0.3 is 0 Å². The number of hydrogen-bond acceptors (Lipinski definition) is 2. The lowest BCUT2D eigenvalue weighted by Gasteiger charge is -2.26. The Morgan fingerprint density at radius 2 is 1.86 bits per heavy atom. The molecule has 0 spiro atoms. The van der Waals surface area contributed by atoms with Gasteiger partial charge in [0.25, 0.3) is 0 Å². The molecule has 2 aromatic carbocycles. The van der Waals surface area contributed by atoms with Crippen LogP contribution in [0.5, 0.6) is 0 Å². The van der Waals surface area contributed by atoms with Gasteiger partial charge in [-0.1, -0.05) is 12.1 Å². The fourth-order valence-corrected chi connectivity index (χ4v) is 3.14. The van der Waals surface area contributed by atoms with E-state index < -0.39 is 0 Å². The van der Waals surface area contributed by atoms with E-state index in [1.807, 2.05) is 36.4 Å². The van der Waals surface area contributed by atoms with Crippen LogP contribution < -0.4 is 4.90 Å². The first kappa shape index (κ1) is 14.3. The molecule has 0 atom stereocenters. The molecule has 4 heteroatoms. The Kier molecular flexibility index (Phi) is 3.80. The maximum Gasteiger partial charge on any atom is 0.227 e. The van der Waals surface area contributed by atoms with Crippen molar-refractivity contribution in [2.24, 2.45) is 0 Å². The predicted octanol–water partition coefficient (Wildman–Crippen LogP) is 3.43. The first-order valence-corrected chi connectivity index (χ1v) is 7.84. The topological polar surface area (TPSA) is 37.4 Å². The molecule has 1 aliphatic heterocycles. The summed E-state index contributed by atoms with van der Waals surface area (Å²) in [4.78, 5) is 25.9. The maximum absolute atomic E-state index is 12.5. The molecule has 3 rings (SSSR count). The number of nitrogens with zero attached hydrogens (tertiary/aromatic N) is 1. The lowest BCUT2D eigenvalue weighted by atomic mass is 9.95. The van der Waals surface area contributed by atoms with Crippen LogP contribution in [0.3, 0.4) is 0 Å². The lowest BCUT2D eigenvalue weighted by molar-refractivity contribution is -0.118. The van der Waals surface area contributed by atoms with Crippen LogP contribution in [0.15, 0.2) is 42.5 Å². The standard InChI is InChI=1S/C17H14INO2/c1-19-15-7-5-13(9-11(15)6-8-16(19)20)17(21)12-3-2-4-14(18)10-12/h2-5,7,9-10H,6,8H2,1H3. The highest BCUT2D eigenvalue weighted by molar-refractivity contribution is 14.1. The van der Waals surface area contributed by atoms with Crippen LogP contribution in [-0.4, -0.2) is 18.7 Å². The molecule has 0 saturated carbocycles. The Morgan fingerprint density at radius 3 is 2.62 bits per heavy atom. The van der Waals surface area contributed by atoms with Gasteiger partial charge in [-0.3, -0.25) is 9.59 Å². The zero-order chi connectivity index (χ0) is 15.0. The van der Waals surface area contributed by atoms with Gasteiger partial charge in [0.05, 0.1) is 0 Å². The number of carbonyl (C=O) groups is 2. The number of benzene rings is 2. The summed E-state index contributed by atoms with van der Waals surface area (Å²) in [6, 6.07) is 13.2. The summed E-state index contributed by atoms with van der Waals surface area (Å²) in [5.41, 5.74) is 3.35. The molecule has 0 saturated heterocycles. The molecule has 2 aromatic rings. The van der Waals surface area contributed by atoms with Crippen molar-refractivity contribution in [1.29, 1.82) is 0 Å². The van der Waals surface area contributed by atoms with E-state index in [4.69, 9.17) is 0 Å². The maximum atomic E-state index is 12.5. The van der Waals surface area contributed by atoms with Crippen molar-refractivity contribution in [3.8, 4) is 0 Å². The average molecular weight is 391 g/mol. The van der Waals surface area contributed by atoms with E-state index in [9.17, 15) is 9.59 Å². The Morgan fingerprint density at radius 1 is 1.10 bits per heavy atom. The normalized spacial score (nSPS) is 14.0. The molecule has 1 aliphatic rings. The van der Waals surface area contributed by atoms with Gasteiger partial charge in [0.2, 0.25) is 5.91 Å². The van der Waals surface area contributed by atoms with Crippen LogP contribution in [0.25, 0.3) is 0 Å². The van der Waals surface area contributed by atoms with Crippen molar-refractivity contribution in [1.82, 2.24) is 0 Å². The van der Waals surface area contributed by atoms with Gasteiger partial charge < -0.3 is 4.90 Å². The highest BCUT2D eigenvalue weighted by Crippen LogP contribution is 2.28. The largest absolute Gasteiger partial charge is 0.315 e. The van der Waals surface area contributed by atoms with Gasteiger partial charge in [0.1, 0.15) is 0 Å². The Bertz CT molecular complexity index is 739. The van der Waals surface area contributed by atoms with Crippen LogP contribution in [0.4, 0.5) is 5.69 Å². The molecule has 0 radical (unpaired) electrons. The average Bonchev–Trinajstić information content (AvgIpc) is 2.50. The lowest BCUT2D eigenvalue weighted by Crippen LogP contribution is -2.31. The number of aryl methyl sites for hydroxylation is 1. The Labute approximate surface area is 137 Å². The Balaban J connectivity index is 1.98. The third kappa shape index (κ3) is 2.72. The number of hydrogen-bond donors (Lipinski definition) is 0. The molecular formula is C17H14INO2. The summed E-state index contributed by atoms with van der Waals surface area (Å²) in [7, 11) is 1.78. The monoisotopic (exact) mass is 391 g/mol. The minimum atomic E-state index is 0.0240. The first-order valence-electron chi connectivity index (χ1n) is 6.76. The summed E-state index contributed by atoms with van der Waals surface area (Å²) in [6.07, 6.45) is 1.20. The van der Waals surface area contributed by atoms with Gasteiger partial charge in [-0.25, -0.2) is 0 Å². The molecular weight excluding hydrogens is 377 g/mol. The third-order valence-corrected chi connectivity index (χ3v) is 4.44. The molecule has 106 valence electrons.